The Labute approximate surface area is 211 Å². The number of H-pyrrole nitrogens is 1. The van der Waals surface area contributed by atoms with Gasteiger partial charge in [0.2, 0.25) is 0 Å². The number of aromatic nitrogens is 6. The molecule has 0 radical (unpaired) electrons. The van der Waals surface area contributed by atoms with Crippen LogP contribution in [0.25, 0.3) is 33.5 Å². The van der Waals surface area contributed by atoms with Gasteiger partial charge in [0.15, 0.2) is 5.65 Å². The maximum atomic E-state index is 5.50. The molecule has 36 heavy (non-hydrogen) atoms. The Morgan fingerprint density at radius 2 is 1.86 bits per heavy atom. The molecular formula is C27H34N8O. The van der Waals surface area contributed by atoms with E-state index in [1.807, 2.05) is 24.8 Å². The van der Waals surface area contributed by atoms with Crippen molar-refractivity contribution in [3.8, 4) is 22.4 Å². The fourth-order valence-corrected chi connectivity index (χ4v) is 5.43. The van der Waals surface area contributed by atoms with Crippen LogP contribution in [-0.2, 0) is 4.74 Å². The number of rotatable bonds is 6. The van der Waals surface area contributed by atoms with Gasteiger partial charge in [-0.15, -0.1) is 0 Å². The van der Waals surface area contributed by atoms with Gasteiger partial charge in [-0.3, -0.25) is 4.68 Å². The van der Waals surface area contributed by atoms with Crippen molar-refractivity contribution in [1.82, 2.24) is 34.6 Å². The van der Waals surface area contributed by atoms with Crippen LogP contribution in [0.3, 0.4) is 0 Å². The summed E-state index contributed by atoms with van der Waals surface area (Å²) in [7, 11) is 2.11. The van der Waals surface area contributed by atoms with E-state index in [0.717, 1.165) is 97.9 Å². The molecule has 4 aromatic heterocycles. The van der Waals surface area contributed by atoms with Gasteiger partial charge in [-0.25, -0.2) is 15.0 Å². The van der Waals surface area contributed by atoms with E-state index in [4.69, 9.17) is 19.8 Å². The Morgan fingerprint density at radius 3 is 2.61 bits per heavy atom. The van der Waals surface area contributed by atoms with Crippen LogP contribution in [-0.4, -0.2) is 80.6 Å². The molecule has 1 N–H and O–H groups in total. The largest absolute Gasteiger partial charge is 0.381 e. The van der Waals surface area contributed by atoms with Crippen LogP contribution >= 0.6 is 0 Å². The summed E-state index contributed by atoms with van der Waals surface area (Å²) >= 11 is 0. The zero-order valence-corrected chi connectivity index (χ0v) is 21.1. The number of hydrogen-bond donors (Lipinski definition) is 1. The lowest BCUT2D eigenvalue weighted by Crippen LogP contribution is -2.37. The lowest BCUT2D eigenvalue weighted by atomic mass is 10.1. The highest BCUT2D eigenvalue weighted by Gasteiger charge is 2.22. The summed E-state index contributed by atoms with van der Waals surface area (Å²) < 4.78 is 7.64. The topological polar surface area (TPSA) is 88.0 Å². The number of ether oxygens (including phenoxy) is 1. The molecule has 0 aliphatic carbocycles. The van der Waals surface area contributed by atoms with Crippen LogP contribution in [0.5, 0.6) is 0 Å². The molecule has 2 fully saturated rings. The number of anilines is 1. The molecule has 0 bridgehead atoms. The number of hydrogen-bond acceptors (Lipinski definition) is 7. The molecule has 2 saturated heterocycles. The third kappa shape index (κ3) is 4.49. The minimum atomic E-state index is 0.456. The molecule has 4 aromatic rings. The van der Waals surface area contributed by atoms with Gasteiger partial charge in [-0.2, -0.15) is 5.10 Å². The van der Waals surface area contributed by atoms with Crippen molar-refractivity contribution in [2.75, 3.05) is 44.8 Å². The Morgan fingerprint density at radius 1 is 1.03 bits per heavy atom. The summed E-state index contributed by atoms with van der Waals surface area (Å²) in [6.45, 7) is 7.26. The number of nitrogens with zero attached hydrogens (tertiary/aromatic N) is 7. The number of likely N-dealkylation sites (tertiary alicyclic amines) is 1. The summed E-state index contributed by atoms with van der Waals surface area (Å²) in [6, 6.07) is 5.08. The Kier molecular flexibility index (Phi) is 6.41. The number of pyridine rings is 1. The summed E-state index contributed by atoms with van der Waals surface area (Å²) in [4.78, 5) is 22.4. The van der Waals surface area contributed by atoms with Crippen molar-refractivity contribution in [1.29, 1.82) is 0 Å². The molecule has 188 valence electrons. The quantitative estimate of drug-likeness (QED) is 0.438. The Balaban J connectivity index is 1.22. The third-order valence-corrected chi connectivity index (χ3v) is 7.82. The maximum Gasteiger partial charge on any atom is 0.156 e. The number of piperidine rings is 1. The SMILES string of the molecule is CCN1CCC(n2cc(-c3c[nH]c4ncc(-c5ccc(N(C)C6CCOCC6)nc5)nc34)cn2)CC1. The molecule has 0 amide bonds. The standard InChI is InChI=1S/C27H34N8O/c1-3-34-10-6-22(7-11-34)35-18-20(15-31-35)23-16-29-27-26(23)32-24(17-30-27)19-4-5-25(28-14-19)33(2)21-8-12-36-13-9-21/h4-5,14-18,21-22H,3,6-13H2,1-2H3,(H,29,30). The van der Waals surface area contributed by atoms with Gasteiger partial charge in [-0.05, 0) is 44.4 Å². The molecule has 6 heterocycles. The lowest BCUT2D eigenvalue weighted by molar-refractivity contribution is 0.0853. The van der Waals surface area contributed by atoms with E-state index in [1.165, 1.54) is 0 Å². The van der Waals surface area contributed by atoms with E-state index < -0.39 is 0 Å². The first-order valence-corrected chi connectivity index (χ1v) is 13.1. The van der Waals surface area contributed by atoms with Gasteiger partial charge in [-0.1, -0.05) is 6.92 Å². The van der Waals surface area contributed by atoms with Crippen molar-refractivity contribution in [2.24, 2.45) is 0 Å². The summed E-state index contributed by atoms with van der Waals surface area (Å²) in [5, 5.41) is 4.71. The van der Waals surface area contributed by atoms with E-state index >= 15 is 0 Å². The smallest absolute Gasteiger partial charge is 0.156 e. The Hall–Kier alpha value is -3.30. The van der Waals surface area contributed by atoms with Crippen LogP contribution in [0.1, 0.15) is 38.6 Å². The van der Waals surface area contributed by atoms with Crippen molar-refractivity contribution in [3.63, 3.8) is 0 Å². The van der Waals surface area contributed by atoms with Gasteiger partial charge in [0, 0.05) is 74.7 Å². The highest BCUT2D eigenvalue weighted by molar-refractivity contribution is 5.91. The third-order valence-electron chi connectivity index (χ3n) is 7.82. The van der Waals surface area contributed by atoms with Crippen LogP contribution in [0.15, 0.2) is 43.1 Å². The highest BCUT2D eigenvalue weighted by atomic mass is 16.5. The van der Waals surface area contributed by atoms with Crippen LogP contribution in [0.4, 0.5) is 5.82 Å². The number of nitrogens with one attached hydrogen (secondary N) is 1. The van der Waals surface area contributed by atoms with Gasteiger partial charge in [0.25, 0.3) is 0 Å². The van der Waals surface area contributed by atoms with Crippen molar-refractivity contribution >= 4 is 17.0 Å². The zero-order valence-electron chi connectivity index (χ0n) is 21.1. The van der Waals surface area contributed by atoms with Crippen LogP contribution in [0.2, 0.25) is 0 Å². The average molecular weight is 487 g/mol. The predicted molar refractivity (Wildman–Crippen MR) is 141 cm³/mol. The summed E-state index contributed by atoms with van der Waals surface area (Å²) in [5.74, 6) is 0.971. The molecule has 0 unspecified atom stereocenters. The van der Waals surface area contributed by atoms with E-state index in [1.54, 1.807) is 0 Å². The van der Waals surface area contributed by atoms with Gasteiger partial charge >= 0.3 is 0 Å². The first kappa shape index (κ1) is 23.1. The molecule has 9 heteroatoms. The van der Waals surface area contributed by atoms with Crippen molar-refractivity contribution in [2.45, 2.75) is 44.7 Å². The molecule has 2 aliphatic heterocycles. The van der Waals surface area contributed by atoms with Crippen LogP contribution < -0.4 is 4.90 Å². The molecule has 6 rings (SSSR count). The first-order valence-electron chi connectivity index (χ1n) is 13.1. The second-order valence-corrected chi connectivity index (χ2v) is 9.89. The van der Waals surface area contributed by atoms with Gasteiger partial charge in [0.05, 0.1) is 24.1 Å². The molecule has 9 nitrogen and oxygen atoms in total. The Bertz CT molecular complexity index is 1300. The summed E-state index contributed by atoms with van der Waals surface area (Å²) in [6.07, 6.45) is 14.1. The first-order chi connectivity index (χ1) is 17.7. The molecule has 2 aliphatic rings. The number of fused-ring (bicyclic) bond motifs is 1. The fourth-order valence-electron chi connectivity index (χ4n) is 5.43. The van der Waals surface area contributed by atoms with Crippen molar-refractivity contribution < 1.29 is 4.74 Å². The predicted octanol–water partition coefficient (Wildman–Crippen LogP) is 4.16. The molecule has 0 spiro atoms. The van der Waals surface area contributed by atoms with Gasteiger partial charge in [0.1, 0.15) is 11.3 Å². The lowest BCUT2D eigenvalue weighted by Gasteiger charge is -2.32. The fraction of sp³-hybridized carbons (Fsp3) is 0.481. The molecule has 0 atom stereocenters. The second kappa shape index (κ2) is 9.99. The minimum Gasteiger partial charge on any atom is -0.381 e. The van der Waals surface area contributed by atoms with E-state index in [2.05, 4.69) is 56.8 Å². The van der Waals surface area contributed by atoms with E-state index in [9.17, 15) is 0 Å². The second-order valence-electron chi connectivity index (χ2n) is 9.89. The zero-order chi connectivity index (χ0) is 24.5. The molecule has 0 aromatic carbocycles. The molecular weight excluding hydrogens is 452 g/mol. The van der Waals surface area contributed by atoms with Crippen molar-refractivity contribution in [3.05, 3.63) is 43.1 Å². The van der Waals surface area contributed by atoms with E-state index in [-0.39, 0.29) is 0 Å². The van der Waals surface area contributed by atoms with Crippen LogP contribution in [0, 0.1) is 0 Å². The van der Waals surface area contributed by atoms with Gasteiger partial charge < -0.3 is 19.5 Å². The summed E-state index contributed by atoms with van der Waals surface area (Å²) in [5.41, 5.74) is 5.50. The highest BCUT2D eigenvalue weighted by Crippen LogP contribution is 2.30. The van der Waals surface area contributed by atoms with E-state index in [0.29, 0.717) is 12.1 Å². The maximum absolute atomic E-state index is 5.50. The monoisotopic (exact) mass is 486 g/mol. The normalized spacial score (nSPS) is 18.2. The minimum absolute atomic E-state index is 0.456. The number of aromatic amines is 1. The molecule has 0 saturated carbocycles. The average Bonchev–Trinajstić information content (AvgIpc) is 3.60.